The normalized spacial score (nSPS) is 12.0. The standard InChI is InChI=1S/C22H20N4O13S4.C20H19N3O11S3.5Na/c1-13-20(22(27)26(25-13)14-5-7-15(8-6-14)40(28,29)12-11-39-43(36,37)38)24-23-18-10-9-16-17(21(18)42(33,34)35)3-2-4-19(16)41(30,31)32;1-12(24)21-15-3-2-13-10-18(35-34-33-26)19(20(25)17(13)11-15)23-22-14-4-6-16(7-5-14)36(27,28)9-8-32-37(29,30)31;;;;;/h2-10,25H,11-12H2,1H3,(H,30,31,32)(H,33,34,35)(H,36,37,38);2-7,10-11,25-26H,8-9H2,1H3,(H,21,24)(H,29,30,31);;;;;/q;;5*+1/p-5. The van der Waals surface area contributed by atoms with Crippen LogP contribution >= 0.6 is 12.0 Å². The minimum atomic E-state index is -5.31. The summed E-state index contributed by atoms with van der Waals surface area (Å²) in [6.45, 7) is 0.998. The first-order chi connectivity index (χ1) is 37.2. The summed E-state index contributed by atoms with van der Waals surface area (Å²) in [6, 6.07) is 21.0. The number of carbonyl (C=O) groups is 1. The summed E-state index contributed by atoms with van der Waals surface area (Å²) in [7, 11) is -28.5. The van der Waals surface area contributed by atoms with Gasteiger partial charge in [-0.2, -0.15) is 9.45 Å². The zero-order chi connectivity index (χ0) is 59.2. The molecule has 85 heavy (non-hydrogen) atoms. The maximum Gasteiger partial charge on any atom is 1.00 e. The Labute approximate surface area is 598 Å². The number of benzene rings is 6. The van der Waals surface area contributed by atoms with Crippen molar-refractivity contribution in [1.29, 1.82) is 0 Å². The van der Waals surface area contributed by atoms with Crippen molar-refractivity contribution in [2.45, 2.75) is 38.3 Å². The third-order valence-corrected chi connectivity index (χ3v) is 17.1. The number of phenolic OH excluding ortho intramolecular Hbond substituents is 1. The molecule has 0 aliphatic carbocycles. The van der Waals surface area contributed by atoms with Crippen LogP contribution in [-0.4, -0.2) is 114 Å². The third-order valence-electron chi connectivity index (χ3n) is 10.4. The van der Waals surface area contributed by atoms with Gasteiger partial charge in [-0.15, -0.1) is 15.3 Å². The molecule has 6 aromatic carbocycles. The Hall–Kier alpha value is -1.99. The number of azo groups is 2. The van der Waals surface area contributed by atoms with Gasteiger partial charge < -0.3 is 33.9 Å². The quantitative estimate of drug-likeness (QED) is 0.0114. The Bertz CT molecular complexity index is 4390. The van der Waals surface area contributed by atoms with Crippen molar-refractivity contribution in [3.8, 4) is 11.4 Å². The van der Waals surface area contributed by atoms with Crippen LogP contribution in [0, 0.1) is 6.92 Å². The Morgan fingerprint density at radius 3 is 1.69 bits per heavy atom. The van der Waals surface area contributed by atoms with E-state index >= 15 is 0 Å². The van der Waals surface area contributed by atoms with E-state index in [4.69, 9.17) is 0 Å². The first-order valence-electron chi connectivity index (χ1n) is 21.4. The smallest absolute Gasteiger partial charge is 0.744 e. The van der Waals surface area contributed by atoms with Crippen LogP contribution in [0.5, 0.6) is 5.75 Å². The average Bonchev–Trinajstić information content (AvgIpc) is 3.45. The molecule has 1 aromatic heterocycles. The van der Waals surface area contributed by atoms with Crippen LogP contribution in [0.4, 0.5) is 28.4 Å². The van der Waals surface area contributed by atoms with Gasteiger partial charge in [0.05, 0.1) is 78.3 Å². The number of amides is 1. The van der Waals surface area contributed by atoms with Crippen molar-refractivity contribution >= 4 is 129 Å². The van der Waals surface area contributed by atoms with Gasteiger partial charge in [-0.25, -0.2) is 55.2 Å². The fourth-order valence-electron chi connectivity index (χ4n) is 6.98. The van der Waals surface area contributed by atoms with E-state index in [1.54, 1.807) is 12.1 Å². The predicted octanol–water partition coefficient (Wildman–Crippen LogP) is -11.5. The number of rotatable bonds is 21. The largest absolute Gasteiger partial charge is 1.00 e. The van der Waals surface area contributed by atoms with Gasteiger partial charge in [0.2, 0.25) is 26.7 Å². The summed E-state index contributed by atoms with van der Waals surface area (Å²) in [6.07, 6.45) is 0. The number of carbonyl (C=O) groups excluding carboxylic acids is 1. The average molecular weight is 1360 g/mol. The number of hydrogen-bond acceptors (Lipinski definition) is 29. The van der Waals surface area contributed by atoms with Crippen LogP contribution in [0.1, 0.15) is 12.6 Å². The molecule has 7 rings (SSSR count). The molecule has 0 atom stereocenters. The first-order valence-corrected chi connectivity index (χ1v) is 30.9. The Morgan fingerprint density at radius 1 is 0.647 bits per heavy atom. The van der Waals surface area contributed by atoms with Crippen molar-refractivity contribution in [2.75, 3.05) is 30.0 Å². The minimum absolute atomic E-state index is 0. The molecule has 0 aliphatic heterocycles. The van der Waals surface area contributed by atoms with Crippen LogP contribution in [0.25, 0.3) is 27.2 Å². The van der Waals surface area contributed by atoms with Gasteiger partial charge in [0.15, 0.2) is 31.1 Å². The third kappa shape index (κ3) is 22.7. The number of aromatic hydroxyl groups is 1. The van der Waals surface area contributed by atoms with Gasteiger partial charge >= 0.3 is 148 Å². The molecular weight excluding hydrogens is 1330 g/mol. The number of hydrogen-bond donors (Lipinski definition) is 3. The fourth-order valence-corrected chi connectivity index (χ4v) is 11.9. The Balaban J connectivity index is 0.000000811. The molecular formula is C42H34N7Na5O24S7. The van der Waals surface area contributed by atoms with E-state index < -0.39 is 112 Å². The monoisotopic (exact) mass is 1360 g/mol. The van der Waals surface area contributed by atoms with E-state index in [-0.39, 0.29) is 208 Å². The molecule has 7 aromatic rings. The number of phenols is 1. The number of fused-ring (bicyclic) bond motifs is 2. The molecule has 0 saturated heterocycles. The number of anilines is 1. The Kier molecular flexibility index (Phi) is 32.3. The first kappa shape index (κ1) is 81.0. The number of aryl methyl sites for hydroxylation is 1. The van der Waals surface area contributed by atoms with Crippen LogP contribution in [0.3, 0.4) is 0 Å². The van der Waals surface area contributed by atoms with E-state index in [2.05, 4.69) is 48.6 Å². The van der Waals surface area contributed by atoms with Crippen LogP contribution in [0.2, 0.25) is 0 Å². The van der Waals surface area contributed by atoms with Gasteiger partial charge in [-0.3, -0.25) is 28.1 Å². The van der Waals surface area contributed by atoms with Crippen LogP contribution in [-0.2, 0) is 83.2 Å². The Morgan fingerprint density at radius 2 is 1.19 bits per heavy atom. The molecule has 31 nitrogen and oxygen atoms in total. The molecule has 0 fully saturated rings. The minimum Gasteiger partial charge on any atom is -0.744 e. The van der Waals surface area contributed by atoms with Crippen LogP contribution in [0.15, 0.2) is 153 Å². The van der Waals surface area contributed by atoms with E-state index in [9.17, 15) is 88.7 Å². The predicted molar refractivity (Wildman–Crippen MR) is 269 cm³/mol. The number of nitrogens with zero attached hydrogens (tertiary/aromatic N) is 5. The number of H-pyrrole nitrogens is 1. The number of nitrogens with one attached hydrogen (secondary N) is 2. The second-order valence-electron chi connectivity index (χ2n) is 15.8. The topological polar surface area (TPSA) is 494 Å². The maximum absolute atomic E-state index is 13.1. The van der Waals surface area contributed by atoms with E-state index in [0.717, 1.165) is 47.1 Å². The van der Waals surface area contributed by atoms with Crippen molar-refractivity contribution in [1.82, 2.24) is 9.78 Å². The summed E-state index contributed by atoms with van der Waals surface area (Å²) in [5.74, 6) is -2.23. The fraction of sp³-hybridized carbons (Fsp3) is 0.143. The molecule has 0 spiro atoms. The summed E-state index contributed by atoms with van der Waals surface area (Å²) in [5.41, 5.74) is -0.996. The maximum atomic E-state index is 13.1. The number of sulfone groups is 2. The molecule has 0 saturated carbocycles. The van der Waals surface area contributed by atoms with Gasteiger partial charge in [-0.1, -0.05) is 24.3 Å². The van der Waals surface area contributed by atoms with Gasteiger partial charge in [0, 0.05) is 28.8 Å². The molecule has 0 radical (unpaired) electrons. The molecule has 43 heteroatoms. The zero-order valence-corrected chi connectivity index (χ0v) is 60.8. The SMILES string of the molecule is CC(=O)Nc1ccc2cc(SOO[O-])c(N=Nc3ccc(S(=O)(=O)CCOS(=O)(=O)[O-])cc3)c(O)c2c1.Cc1[nH]n(-c2ccc(S(=O)(=O)CCOS(=O)(=O)[O-])cc2)c(=O)c1N=Nc1ccc2c(S(=O)(=O)[O-])cccc2c1S(=O)(=O)[O-].[Na+].[Na+].[Na+].[Na+].[Na+]. The summed E-state index contributed by atoms with van der Waals surface area (Å²) >= 11 is 0.467. The second-order valence-corrected chi connectivity index (χ2v) is 25.5. The van der Waals surface area contributed by atoms with E-state index in [1.165, 1.54) is 62.4 Å². The summed E-state index contributed by atoms with van der Waals surface area (Å²) < 4.78 is 197. The number of aromatic nitrogens is 2. The van der Waals surface area contributed by atoms with Crippen molar-refractivity contribution in [2.24, 2.45) is 20.5 Å². The summed E-state index contributed by atoms with van der Waals surface area (Å²) in [5, 5.41) is 45.4. The molecule has 428 valence electrons. The molecule has 3 N–H and O–H groups in total. The van der Waals surface area contributed by atoms with Crippen LogP contribution < -0.4 is 164 Å². The summed E-state index contributed by atoms with van der Waals surface area (Å²) in [4.78, 5) is 22.4. The zero-order valence-electron chi connectivity index (χ0n) is 45.1. The van der Waals surface area contributed by atoms with Crippen molar-refractivity contribution in [3.63, 3.8) is 0 Å². The second kappa shape index (κ2) is 33.9. The number of aromatic amines is 1. The van der Waals surface area contributed by atoms with Gasteiger partial charge in [0.1, 0.15) is 31.6 Å². The van der Waals surface area contributed by atoms with Gasteiger partial charge in [0.25, 0.3) is 5.56 Å². The van der Waals surface area contributed by atoms with E-state index in [0.29, 0.717) is 28.5 Å². The molecule has 1 amide bonds. The van der Waals surface area contributed by atoms with Gasteiger partial charge in [-0.05, 0) is 91.2 Å². The van der Waals surface area contributed by atoms with Crippen molar-refractivity contribution < 1.29 is 249 Å². The molecule has 1 heterocycles. The van der Waals surface area contributed by atoms with E-state index in [1.807, 2.05) is 0 Å². The molecule has 0 unspecified atom stereocenters. The molecule has 0 aliphatic rings. The molecule has 0 bridgehead atoms. The van der Waals surface area contributed by atoms with Crippen molar-refractivity contribution in [3.05, 3.63) is 119 Å².